The molecule has 1 aromatic heterocycles. The predicted molar refractivity (Wildman–Crippen MR) is 86.9 cm³/mol. The summed E-state index contributed by atoms with van der Waals surface area (Å²) in [7, 11) is -1.48. The molecule has 0 radical (unpaired) electrons. The number of rotatable bonds is 5. The van der Waals surface area contributed by atoms with Gasteiger partial charge in [-0.3, -0.25) is 0 Å². The minimum atomic E-state index is -3.32. The van der Waals surface area contributed by atoms with Crippen molar-refractivity contribution in [1.29, 1.82) is 0 Å². The second-order valence-corrected chi connectivity index (χ2v) is 10.1. The normalized spacial score (nSPS) is 37.2. The van der Waals surface area contributed by atoms with Gasteiger partial charge < -0.3 is 4.57 Å². The van der Waals surface area contributed by atoms with Crippen molar-refractivity contribution in [2.45, 2.75) is 51.5 Å². The highest BCUT2D eigenvalue weighted by Crippen LogP contribution is 2.60. The van der Waals surface area contributed by atoms with E-state index in [1.807, 2.05) is 14.0 Å². The zero-order chi connectivity index (χ0) is 16.2. The molecule has 4 bridgehead atoms. The quantitative estimate of drug-likeness (QED) is 0.891. The first kappa shape index (κ1) is 15.6. The van der Waals surface area contributed by atoms with Crippen LogP contribution in [0.1, 0.15) is 57.3 Å². The van der Waals surface area contributed by atoms with Crippen molar-refractivity contribution in [1.82, 2.24) is 19.5 Å². The molecule has 1 heterocycles. The Hall–Kier alpha value is -0.950. The van der Waals surface area contributed by atoms with E-state index in [0.29, 0.717) is 5.82 Å². The topological polar surface area (TPSA) is 76.9 Å². The van der Waals surface area contributed by atoms with Gasteiger partial charge in [0.1, 0.15) is 12.2 Å². The maximum absolute atomic E-state index is 12.8. The van der Waals surface area contributed by atoms with Crippen LogP contribution in [0.15, 0.2) is 6.33 Å². The Morgan fingerprint density at radius 1 is 1.26 bits per heavy atom. The van der Waals surface area contributed by atoms with Crippen LogP contribution in [-0.4, -0.2) is 28.9 Å². The molecular weight excluding hydrogens is 312 g/mol. The summed E-state index contributed by atoms with van der Waals surface area (Å²) in [5.41, 5.74) is 0.0280. The Labute approximate surface area is 138 Å². The molecule has 23 heavy (non-hydrogen) atoms. The molecule has 5 rings (SSSR count). The lowest BCUT2D eigenvalue weighted by Crippen LogP contribution is -2.50. The van der Waals surface area contributed by atoms with E-state index < -0.39 is 10.0 Å². The molecule has 0 aliphatic heterocycles. The lowest BCUT2D eigenvalue weighted by Gasteiger charge is -2.56. The fourth-order valence-corrected chi connectivity index (χ4v) is 7.80. The van der Waals surface area contributed by atoms with Crippen LogP contribution < -0.4 is 4.72 Å². The average molecular weight is 338 g/mol. The van der Waals surface area contributed by atoms with Crippen molar-refractivity contribution < 1.29 is 8.42 Å². The second kappa shape index (κ2) is 5.28. The molecular formula is C16H26N4O2S. The molecule has 1 unspecified atom stereocenters. The highest BCUT2D eigenvalue weighted by Gasteiger charge is 2.52. The van der Waals surface area contributed by atoms with Crippen LogP contribution in [0.3, 0.4) is 0 Å². The van der Waals surface area contributed by atoms with Crippen molar-refractivity contribution >= 4 is 10.0 Å². The summed E-state index contributed by atoms with van der Waals surface area (Å²) in [5, 5.41) is 7.84. The fourth-order valence-electron chi connectivity index (χ4n) is 5.92. The van der Waals surface area contributed by atoms with Gasteiger partial charge in [0.2, 0.25) is 10.0 Å². The number of hydrogen-bond acceptors (Lipinski definition) is 4. The van der Waals surface area contributed by atoms with E-state index >= 15 is 0 Å². The van der Waals surface area contributed by atoms with Gasteiger partial charge in [-0.1, -0.05) is 0 Å². The largest absolute Gasteiger partial charge is 0.319 e. The summed E-state index contributed by atoms with van der Waals surface area (Å²) < 4.78 is 30.1. The van der Waals surface area contributed by atoms with Crippen LogP contribution in [0, 0.1) is 23.2 Å². The van der Waals surface area contributed by atoms with Crippen molar-refractivity contribution in [3.8, 4) is 0 Å². The molecule has 4 aliphatic rings. The number of hydrogen-bond donors (Lipinski definition) is 1. The molecule has 7 heteroatoms. The molecule has 0 amide bonds. The van der Waals surface area contributed by atoms with E-state index in [4.69, 9.17) is 0 Å². The molecule has 1 N–H and O–H groups in total. The Kier molecular flexibility index (Phi) is 3.57. The second-order valence-electron chi connectivity index (χ2n) is 8.32. The van der Waals surface area contributed by atoms with E-state index in [2.05, 4.69) is 14.9 Å². The maximum atomic E-state index is 12.8. The van der Waals surface area contributed by atoms with Gasteiger partial charge in [-0.2, -0.15) is 0 Å². The lowest BCUT2D eigenvalue weighted by atomic mass is 9.50. The molecule has 6 nitrogen and oxygen atoms in total. The summed E-state index contributed by atoms with van der Waals surface area (Å²) in [6.07, 6.45) is 8.93. The van der Waals surface area contributed by atoms with Crippen molar-refractivity contribution in [2.24, 2.45) is 30.2 Å². The molecule has 4 fully saturated rings. The van der Waals surface area contributed by atoms with E-state index in [1.54, 1.807) is 10.9 Å². The SMILES string of the molecule is CC(NS(=O)(=O)CC12CC3CC(CC(C3)C1)C2)c1nncn1C. The third-order valence-electron chi connectivity index (χ3n) is 6.15. The van der Waals surface area contributed by atoms with Crippen LogP contribution in [0.2, 0.25) is 0 Å². The van der Waals surface area contributed by atoms with Crippen LogP contribution in [-0.2, 0) is 17.1 Å². The summed E-state index contributed by atoms with van der Waals surface area (Å²) >= 11 is 0. The fraction of sp³-hybridized carbons (Fsp3) is 0.875. The summed E-state index contributed by atoms with van der Waals surface area (Å²) in [4.78, 5) is 0. The molecule has 0 aromatic carbocycles. The Balaban J connectivity index is 1.48. The number of sulfonamides is 1. The van der Waals surface area contributed by atoms with E-state index in [0.717, 1.165) is 37.0 Å². The summed E-state index contributed by atoms with van der Waals surface area (Å²) in [6.45, 7) is 1.83. The standard InChI is InChI=1S/C16H26N4O2S/c1-11(15-18-17-10-20(15)2)19-23(21,22)9-16-6-12-3-13(7-16)5-14(4-12)8-16/h10-14,19H,3-9H2,1-2H3. The monoisotopic (exact) mass is 338 g/mol. The summed E-state index contributed by atoms with van der Waals surface area (Å²) in [5.74, 6) is 3.25. The van der Waals surface area contributed by atoms with Crippen molar-refractivity contribution in [3.63, 3.8) is 0 Å². The average Bonchev–Trinajstić information content (AvgIpc) is 2.81. The number of aryl methyl sites for hydroxylation is 1. The van der Waals surface area contributed by atoms with Crippen LogP contribution >= 0.6 is 0 Å². The molecule has 4 saturated carbocycles. The van der Waals surface area contributed by atoms with Crippen molar-refractivity contribution in [3.05, 3.63) is 12.2 Å². The van der Waals surface area contributed by atoms with Crippen LogP contribution in [0.5, 0.6) is 0 Å². The maximum Gasteiger partial charge on any atom is 0.212 e. The molecule has 4 aliphatic carbocycles. The molecule has 0 spiro atoms. The van der Waals surface area contributed by atoms with Gasteiger partial charge in [-0.15, -0.1) is 10.2 Å². The Morgan fingerprint density at radius 3 is 2.30 bits per heavy atom. The van der Waals surface area contributed by atoms with Gasteiger partial charge in [0.15, 0.2) is 0 Å². The minimum Gasteiger partial charge on any atom is -0.319 e. The third-order valence-corrected chi connectivity index (χ3v) is 7.86. The van der Waals surface area contributed by atoms with E-state index in [9.17, 15) is 8.42 Å². The van der Waals surface area contributed by atoms with Gasteiger partial charge in [0.05, 0.1) is 11.8 Å². The smallest absolute Gasteiger partial charge is 0.212 e. The van der Waals surface area contributed by atoms with Crippen LogP contribution in [0.4, 0.5) is 0 Å². The number of aromatic nitrogens is 3. The van der Waals surface area contributed by atoms with Crippen LogP contribution in [0.25, 0.3) is 0 Å². The predicted octanol–water partition coefficient (Wildman–Crippen LogP) is 2.01. The first-order valence-corrected chi connectivity index (χ1v) is 10.3. The highest BCUT2D eigenvalue weighted by molar-refractivity contribution is 7.89. The van der Waals surface area contributed by atoms with Gasteiger partial charge in [-0.25, -0.2) is 13.1 Å². The van der Waals surface area contributed by atoms with Crippen molar-refractivity contribution in [2.75, 3.05) is 5.75 Å². The Bertz CT molecular complexity index is 661. The summed E-state index contributed by atoms with van der Waals surface area (Å²) in [6, 6.07) is -0.346. The lowest BCUT2D eigenvalue weighted by molar-refractivity contribution is -0.0391. The van der Waals surface area contributed by atoms with Gasteiger partial charge in [-0.05, 0) is 68.6 Å². The molecule has 128 valence electrons. The third kappa shape index (κ3) is 2.93. The number of nitrogens with zero attached hydrogens (tertiary/aromatic N) is 3. The molecule has 1 aromatic rings. The first-order valence-electron chi connectivity index (χ1n) is 8.68. The minimum absolute atomic E-state index is 0.0280. The molecule has 1 atom stereocenters. The van der Waals surface area contributed by atoms with Gasteiger partial charge >= 0.3 is 0 Å². The number of nitrogens with one attached hydrogen (secondary N) is 1. The first-order chi connectivity index (χ1) is 10.8. The van der Waals surface area contributed by atoms with Gasteiger partial charge in [0, 0.05) is 7.05 Å². The Morgan fingerprint density at radius 2 is 1.83 bits per heavy atom. The van der Waals surface area contributed by atoms with Gasteiger partial charge in [0.25, 0.3) is 0 Å². The van der Waals surface area contributed by atoms with E-state index in [1.165, 1.54) is 19.3 Å². The highest BCUT2D eigenvalue weighted by atomic mass is 32.2. The zero-order valence-electron chi connectivity index (χ0n) is 13.9. The zero-order valence-corrected chi connectivity index (χ0v) is 14.7. The van der Waals surface area contributed by atoms with E-state index in [-0.39, 0.29) is 17.2 Å². The molecule has 0 saturated heterocycles.